The van der Waals surface area contributed by atoms with Gasteiger partial charge >= 0.3 is 0 Å². The van der Waals surface area contributed by atoms with Crippen molar-refractivity contribution in [3.63, 3.8) is 0 Å². The lowest BCUT2D eigenvalue weighted by atomic mass is 10.1. The van der Waals surface area contributed by atoms with Crippen molar-refractivity contribution in [2.75, 3.05) is 6.79 Å². The average Bonchev–Trinajstić information content (AvgIpc) is 3.21. The van der Waals surface area contributed by atoms with Crippen molar-refractivity contribution >= 4 is 28.4 Å². The molecule has 0 atom stereocenters. The lowest BCUT2D eigenvalue weighted by Gasteiger charge is -2.10. The monoisotopic (exact) mass is 370 g/mol. The Bertz CT molecular complexity index is 1010. The Kier molecular flexibility index (Phi) is 4.24. The number of amides is 1. The van der Waals surface area contributed by atoms with Crippen LogP contribution in [0.3, 0.4) is 0 Å². The minimum atomic E-state index is -0.102. The van der Waals surface area contributed by atoms with Crippen molar-refractivity contribution in [1.29, 1.82) is 0 Å². The molecule has 0 bridgehead atoms. The molecule has 6 heteroatoms. The molecule has 0 saturated heterocycles. The highest BCUT2D eigenvalue weighted by atomic mass is 35.5. The van der Waals surface area contributed by atoms with Crippen molar-refractivity contribution in [2.24, 2.45) is 0 Å². The topological polar surface area (TPSA) is 52.5 Å². The number of hydrogen-bond donors (Lipinski definition) is 1. The van der Waals surface area contributed by atoms with Crippen LogP contribution in [-0.4, -0.2) is 17.3 Å². The zero-order valence-corrected chi connectivity index (χ0v) is 15.4. The second-order valence-electron chi connectivity index (χ2n) is 6.25. The van der Waals surface area contributed by atoms with Crippen molar-refractivity contribution in [1.82, 2.24) is 9.88 Å². The first-order valence-corrected chi connectivity index (χ1v) is 8.91. The SMILES string of the molecule is CCn1c(C(=O)NCc2ccc3c(c2)OCO3)c(C)c2cc(Cl)ccc21. The minimum Gasteiger partial charge on any atom is -0.454 e. The van der Waals surface area contributed by atoms with Gasteiger partial charge in [-0.05, 0) is 55.3 Å². The summed E-state index contributed by atoms with van der Waals surface area (Å²) in [4.78, 5) is 12.9. The number of hydrogen-bond acceptors (Lipinski definition) is 3. The summed E-state index contributed by atoms with van der Waals surface area (Å²) >= 11 is 6.13. The Labute approximate surface area is 156 Å². The molecule has 2 heterocycles. The summed E-state index contributed by atoms with van der Waals surface area (Å²) < 4.78 is 12.7. The molecule has 0 fully saturated rings. The molecular weight excluding hydrogens is 352 g/mol. The van der Waals surface area contributed by atoms with E-state index in [1.807, 2.05) is 54.8 Å². The maximum atomic E-state index is 12.9. The van der Waals surface area contributed by atoms with E-state index >= 15 is 0 Å². The maximum absolute atomic E-state index is 12.9. The molecule has 0 spiro atoms. The van der Waals surface area contributed by atoms with Crippen LogP contribution in [0.5, 0.6) is 11.5 Å². The molecule has 2 aromatic carbocycles. The summed E-state index contributed by atoms with van der Waals surface area (Å²) in [6, 6.07) is 11.4. The van der Waals surface area contributed by atoms with Crippen molar-refractivity contribution < 1.29 is 14.3 Å². The molecule has 1 N–H and O–H groups in total. The Morgan fingerprint density at radius 1 is 1.19 bits per heavy atom. The van der Waals surface area contributed by atoms with Gasteiger partial charge in [-0.1, -0.05) is 17.7 Å². The van der Waals surface area contributed by atoms with Gasteiger partial charge in [0.2, 0.25) is 6.79 Å². The maximum Gasteiger partial charge on any atom is 0.268 e. The fourth-order valence-electron chi connectivity index (χ4n) is 3.43. The van der Waals surface area contributed by atoms with E-state index in [9.17, 15) is 4.79 Å². The average molecular weight is 371 g/mol. The number of aromatic nitrogens is 1. The summed E-state index contributed by atoms with van der Waals surface area (Å²) in [6.07, 6.45) is 0. The predicted octanol–water partition coefficient (Wildman–Crippen LogP) is 4.28. The van der Waals surface area contributed by atoms with Crippen LogP contribution in [0.4, 0.5) is 0 Å². The van der Waals surface area contributed by atoms with Crippen molar-refractivity contribution in [2.45, 2.75) is 26.9 Å². The Morgan fingerprint density at radius 3 is 2.81 bits per heavy atom. The minimum absolute atomic E-state index is 0.102. The molecular formula is C20H19ClN2O3. The van der Waals surface area contributed by atoms with Crippen LogP contribution in [0.25, 0.3) is 10.9 Å². The molecule has 1 aliphatic heterocycles. The fraction of sp³-hybridized carbons (Fsp3) is 0.250. The summed E-state index contributed by atoms with van der Waals surface area (Å²) in [5.41, 5.74) is 3.59. The van der Waals surface area contributed by atoms with Gasteiger partial charge in [-0.15, -0.1) is 0 Å². The fourth-order valence-corrected chi connectivity index (χ4v) is 3.60. The van der Waals surface area contributed by atoms with Gasteiger partial charge in [-0.3, -0.25) is 4.79 Å². The second-order valence-corrected chi connectivity index (χ2v) is 6.69. The molecule has 4 rings (SSSR count). The van der Waals surface area contributed by atoms with Crippen LogP contribution >= 0.6 is 11.6 Å². The van der Waals surface area contributed by atoms with Gasteiger partial charge in [-0.25, -0.2) is 0 Å². The summed E-state index contributed by atoms with van der Waals surface area (Å²) in [5, 5.41) is 4.68. The predicted molar refractivity (Wildman–Crippen MR) is 101 cm³/mol. The molecule has 0 saturated carbocycles. The number of benzene rings is 2. The highest BCUT2D eigenvalue weighted by molar-refractivity contribution is 6.31. The van der Waals surface area contributed by atoms with E-state index in [4.69, 9.17) is 21.1 Å². The highest BCUT2D eigenvalue weighted by Gasteiger charge is 2.20. The smallest absolute Gasteiger partial charge is 0.268 e. The van der Waals surface area contributed by atoms with E-state index in [0.717, 1.165) is 27.8 Å². The molecule has 5 nitrogen and oxygen atoms in total. The Morgan fingerprint density at radius 2 is 2.00 bits per heavy atom. The number of fused-ring (bicyclic) bond motifs is 2. The lowest BCUT2D eigenvalue weighted by molar-refractivity contribution is 0.0941. The van der Waals surface area contributed by atoms with Gasteiger partial charge in [0.25, 0.3) is 5.91 Å². The van der Waals surface area contributed by atoms with Crippen molar-refractivity contribution in [3.8, 4) is 11.5 Å². The number of carbonyl (C=O) groups excluding carboxylic acids is 1. The van der Waals surface area contributed by atoms with E-state index in [0.29, 0.717) is 29.6 Å². The van der Waals surface area contributed by atoms with Gasteiger partial charge in [-0.2, -0.15) is 0 Å². The quantitative estimate of drug-likeness (QED) is 0.745. The Hall–Kier alpha value is -2.66. The Balaban J connectivity index is 1.61. The van der Waals surface area contributed by atoms with E-state index in [1.165, 1.54) is 0 Å². The molecule has 3 aromatic rings. The molecule has 0 unspecified atom stereocenters. The molecule has 0 radical (unpaired) electrons. The molecule has 1 aromatic heterocycles. The molecule has 1 amide bonds. The third-order valence-corrected chi connectivity index (χ3v) is 4.93. The second kappa shape index (κ2) is 6.57. The first-order valence-electron chi connectivity index (χ1n) is 8.53. The molecule has 26 heavy (non-hydrogen) atoms. The van der Waals surface area contributed by atoms with E-state index in [-0.39, 0.29) is 12.7 Å². The third-order valence-electron chi connectivity index (χ3n) is 4.70. The third kappa shape index (κ3) is 2.78. The standard InChI is InChI=1S/C20H19ClN2O3/c1-3-23-16-6-5-14(21)9-15(16)12(2)19(23)20(24)22-10-13-4-7-17-18(8-13)26-11-25-17/h4-9H,3,10-11H2,1-2H3,(H,22,24). The van der Waals surface area contributed by atoms with Gasteiger partial charge in [0, 0.05) is 29.0 Å². The van der Waals surface area contributed by atoms with Gasteiger partial charge in [0.05, 0.1) is 0 Å². The summed E-state index contributed by atoms with van der Waals surface area (Å²) in [7, 11) is 0. The largest absolute Gasteiger partial charge is 0.454 e. The highest BCUT2D eigenvalue weighted by Crippen LogP contribution is 2.32. The molecule has 1 aliphatic rings. The molecule has 134 valence electrons. The van der Waals surface area contributed by atoms with Gasteiger partial charge in [0.15, 0.2) is 11.5 Å². The van der Waals surface area contributed by atoms with Gasteiger partial charge in [0.1, 0.15) is 5.69 Å². The van der Waals surface area contributed by atoms with Crippen LogP contribution in [0.1, 0.15) is 28.5 Å². The normalized spacial score (nSPS) is 12.6. The summed E-state index contributed by atoms with van der Waals surface area (Å²) in [6.45, 7) is 5.35. The van der Waals surface area contributed by atoms with E-state index in [1.54, 1.807) is 0 Å². The zero-order chi connectivity index (χ0) is 18.3. The number of rotatable bonds is 4. The van der Waals surface area contributed by atoms with Crippen LogP contribution in [0.15, 0.2) is 36.4 Å². The number of nitrogens with zero attached hydrogens (tertiary/aromatic N) is 1. The number of nitrogens with one attached hydrogen (secondary N) is 1. The number of halogens is 1. The van der Waals surface area contributed by atoms with E-state index in [2.05, 4.69) is 5.32 Å². The van der Waals surface area contributed by atoms with E-state index < -0.39 is 0 Å². The molecule has 0 aliphatic carbocycles. The van der Waals surface area contributed by atoms with Crippen LogP contribution < -0.4 is 14.8 Å². The van der Waals surface area contributed by atoms with Crippen LogP contribution in [-0.2, 0) is 13.1 Å². The van der Waals surface area contributed by atoms with Gasteiger partial charge < -0.3 is 19.4 Å². The number of aryl methyl sites for hydroxylation is 2. The summed E-state index contributed by atoms with van der Waals surface area (Å²) in [5.74, 6) is 1.35. The van der Waals surface area contributed by atoms with Crippen LogP contribution in [0.2, 0.25) is 5.02 Å². The lowest BCUT2D eigenvalue weighted by Crippen LogP contribution is -2.26. The first-order chi connectivity index (χ1) is 12.6. The number of ether oxygens (including phenoxy) is 2. The van der Waals surface area contributed by atoms with Crippen LogP contribution in [0, 0.1) is 6.92 Å². The van der Waals surface area contributed by atoms with Crippen molar-refractivity contribution in [3.05, 3.63) is 58.2 Å². The first kappa shape index (κ1) is 16.8. The number of carbonyl (C=O) groups is 1. The zero-order valence-electron chi connectivity index (χ0n) is 14.6.